The third-order valence-corrected chi connectivity index (χ3v) is 1.85. The van der Waals surface area contributed by atoms with Crippen molar-refractivity contribution in [3.8, 4) is 11.5 Å². The van der Waals surface area contributed by atoms with Crippen LogP contribution in [0.1, 0.15) is 0 Å². The van der Waals surface area contributed by atoms with Crippen LogP contribution in [0.3, 0.4) is 0 Å². The molecular formula is C13H16N2O4Y. The van der Waals surface area contributed by atoms with Crippen LogP contribution < -0.4 is 5.73 Å². The SMILES string of the molecule is CO.Nc1ccc(O)cc1.O=Nc1ccc(O)cc1.[Y]. The second-order valence-corrected chi connectivity index (χ2v) is 3.20. The number of phenolic OH excluding ortho intramolecular Hbond substituents is 2. The molecule has 2 aromatic carbocycles. The van der Waals surface area contributed by atoms with Crippen molar-refractivity contribution >= 4 is 11.4 Å². The van der Waals surface area contributed by atoms with Crippen molar-refractivity contribution in [3.05, 3.63) is 53.4 Å². The fraction of sp³-hybridized carbons (Fsp3) is 0.0769. The van der Waals surface area contributed by atoms with Gasteiger partial charge in [-0.25, -0.2) is 0 Å². The number of nitrogens with two attached hydrogens (primary N) is 1. The topological polar surface area (TPSA) is 116 Å². The maximum absolute atomic E-state index is 9.79. The van der Waals surface area contributed by atoms with Gasteiger partial charge in [0.1, 0.15) is 17.2 Å². The van der Waals surface area contributed by atoms with Crippen molar-refractivity contribution in [3.63, 3.8) is 0 Å². The average Bonchev–Trinajstić information content (AvgIpc) is 2.46. The van der Waals surface area contributed by atoms with Crippen molar-refractivity contribution in [1.82, 2.24) is 0 Å². The molecule has 2 aromatic rings. The van der Waals surface area contributed by atoms with Gasteiger partial charge in [0.2, 0.25) is 0 Å². The number of hydrogen-bond donors (Lipinski definition) is 4. The Morgan fingerprint density at radius 3 is 1.50 bits per heavy atom. The van der Waals surface area contributed by atoms with Crippen LogP contribution in [-0.4, -0.2) is 22.4 Å². The Morgan fingerprint density at radius 2 is 1.20 bits per heavy atom. The molecule has 20 heavy (non-hydrogen) atoms. The Hall–Kier alpha value is -1.50. The zero-order valence-corrected chi connectivity index (χ0v) is 13.8. The Bertz CT molecular complexity index is 454. The summed E-state index contributed by atoms with van der Waals surface area (Å²) >= 11 is 0. The molecule has 0 saturated carbocycles. The van der Waals surface area contributed by atoms with E-state index in [-0.39, 0.29) is 44.2 Å². The summed E-state index contributed by atoms with van der Waals surface area (Å²) in [4.78, 5) is 9.79. The van der Waals surface area contributed by atoms with Crippen LogP contribution in [0.2, 0.25) is 0 Å². The van der Waals surface area contributed by atoms with Gasteiger partial charge in [-0.3, -0.25) is 0 Å². The summed E-state index contributed by atoms with van der Waals surface area (Å²) in [7, 11) is 1.00. The van der Waals surface area contributed by atoms with E-state index in [0.717, 1.165) is 7.11 Å². The van der Waals surface area contributed by atoms with Crippen LogP contribution in [0.5, 0.6) is 11.5 Å². The standard InChI is InChI=1S/C6H5NO2.C6H7NO.CH4O.Y/c8-6-3-1-5(7-9)2-4-6;7-5-1-3-6(8)4-2-5;1-2;/h1-4,8H;1-4,8H,7H2;2H,1H3;. The molecule has 2 rings (SSSR count). The predicted molar refractivity (Wildman–Crippen MR) is 74.2 cm³/mol. The fourth-order valence-corrected chi connectivity index (χ4v) is 0.988. The summed E-state index contributed by atoms with van der Waals surface area (Å²) in [6, 6.07) is 12.1. The summed E-state index contributed by atoms with van der Waals surface area (Å²) in [5.41, 5.74) is 6.31. The van der Waals surface area contributed by atoms with Crippen molar-refractivity contribution < 1.29 is 48.0 Å². The van der Waals surface area contributed by atoms with E-state index in [2.05, 4.69) is 5.18 Å². The average molecular weight is 353 g/mol. The third kappa shape index (κ3) is 9.44. The van der Waals surface area contributed by atoms with Gasteiger partial charge in [-0.1, -0.05) is 0 Å². The summed E-state index contributed by atoms with van der Waals surface area (Å²) < 4.78 is 0. The molecule has 105 valence electrons. The number of nitrogen functional groups attached to an aromatic ring is 1. The molecule has 0 unspecified atom stereocenters. The molecular weight excluding hydrogens is 337 g/mol. The first-order chi connectivity index (χ1) is 9.11. The molecule has 0 fully saturated rings. The smallest absolute Gasteiger partial charge is 0.115 e. The predicted octanol–water partition coefficient (Wildman–Crippen LogP) is 2.37. The molecule has 0 amide bonds. The Balaban J connectivity index is 0. The molecule has 5 N–H and O–H groups in total. The minimum Gasteiger partial charge on any atom is -0.508 e. The maximum atomic E-state index is 9.79. The van der Waals surface area contributed by atoms with Crippen LogP contribution in [0.15, 0.2) is 53.7 Å². The fourth-order valence-electron chi connectivity index (χ4n) is 0.988. The van der Waals surface area contributed by atoms with Gasteiger partial charge in [0.25, 0.3) is 0 Å². The van der Waals surface area contributed by atoms with E-state index in [1.807, 2.05) is 0 Å². The normalized spacial score (nSPS) is 7.90. The number of benzene rings is 2. The molecule has 0 aromatic heterocycles. The van der Waals surface area contributed by atoms with E-state index < -0.39 is 0 Å². The van der Waals surface area contributed by atoms with E-state index in [1.54, 1.807) is 24.3 Å². The number of nitrogens with zero attached hydrogens (tertiary/aromatic N) is 1. The zero-order valence-electron chi connectivity index (χ0n) is 11.0. The Kier molecular flexibility index (Phi) is 13.0. The van der Waals surface area contributed by atoms with E-state index >= 15 is 0 Å². The number of aliphatic hydroxyl groups excluding tert-OH is 1. The number of nitroso groups, excluding NO2 is 1. The van der Waals surface area contributed by atoms with E-state index in [9.17, 15) is 4.91 Å². The molecule has 0 aliphatic carbocycles. The first-order valence-electron chi connectivity index (χ1n) is 5.23. The number of anilines is 1. The van der Waals surface area contributed by atoms with Crippen LogP contribution in [0.4, 0.5) is 11.4 Å². The van der Waals surface area contributed by atoms with Gasteiger partial charge in [0.05, 0.1) is 0 Å². The molecule has 0 atom stereocenters. The van der Waals surface area contributed by atoms with Crippen molar-refractivity contribution in [2.45, 2.75) is 0 Å². The van der Waals surface area contributed by atoms with Gasteiger partial charge in [0, 0.05) is 45.5 Å². The first-order valence-corrected chi connectivity index (χ1v) is 5.23. The van der Waals surface area contributed by atoms with Gasteiger partial charge in [-0.15, -0.1) is 4.91 Å². The largest absolute Gasteiger partial charge is 0.508 e. The molecule has 6 nitrogen and oxygen atoms in total. The molecule has 1 radical (unpaired) electrons. The molecule has 0 aliphatic rings. The third-order valence-electron chi connectivity index (χ3n) is 1.85. The molecule has 0 aliphatic heterocycles. The monoisotopic (exact) mass is 353 g/mol. The summed E-state index contributed by atoms with van der Waals surface area (Å²) in [6.07, 6.45) is 0. The Labute approximate surface area is 142 Å². The van der Waals surface area contributed by atoms with Crippen molar-refractivity contribution in [1.29, 1.82) is 0 Å². The summed E-state index contributed by atoms with van der Waals surface area (Å²) in [6.45, 7) is 0. The van der Waals surface area contributed by atoms with E-state index in [0.29, 0.717) is 11.4 Å². The van der Waals surface area contributed by atoms with Crippen LogP contribution in [0, 0.1) is 4.91 Å². The van der Waals surface area contributed by atoms with E-state index in [4.69, 9.17) is 21.1 Å². The number of rotatable bonds is 1. The quantitative estimate of drug-likeness (QED) is 0.357. The van der Waals surface area contributed by atoms with Gasteiger partial charge in [-0.05, 0) is 53.7 Å². The zero-order chi connectivity index (χ0) is 14.7. The van der Waals surface area contributed by atoms with Crippen LogP contribution in [0.25, 0.3) is 0 Å². The van der Waals surface area contributed by atoms with Crippen molar-refractivity contribution in [2.75, 3.05) is 12.8 Å². The van der Waals surface area contributed by atoms with Gasteiger partial charge < -0.3 is 21.1 Å². The number of phenols is 2. The molecule has 0 saturated heterocycles. The van der Waals surface area contributed by atoms with Crippen LogP contribution >= 0.6 is 0 Å². The minimum atomic E-state index is 0. The molecule has 7 heteroatoms. The van der Waals surface area contributed by atoms with Crippen LogP contribution in [-0.2, 0) is 32.7 Å². The van der Waals surface area contributed by atoms with Gasteiger partial charge in [0.15, 0.2) is 0 Å². The van der Waals surface area contributed by atoms with Gasteiger partial charge >= 0.3 is 0 Å². The summed E-state index contributed by atoms with van der Waals surface area (Å²) in [5.74, 6) is 0.390. The second kappa shape index (κ2) is 12.5. The number of aliphatic hydroxyl groups is 1. The summed E-state index contributed by atoms with van der Waals surface area (Å²) in [5, 5.41) is 27.1. The maximum Gasteiger partial charge on any atom is 0.115 e. The minimum absolute atomic E-state index is 0. The molecule has 0 heterocycles. The first kappa shape index (κ1) is 20.8. The van der Waals surface area contributed by atoms with Gasteiger partial charge in [-0.2, -0.15) is 0 Å². The van der Waals surface area contributed by atoms with E-state index in [1.165, 1.54) is 24.3 Å². The molecule has 0 spiro atoms. The Morgan fingerprint density at radius 1 is 0.850 bits per heavy atom. The van der Waals surface area contributed by atoms with Crippen molar-refractivity contribution in [2.24, 2.45) is 5.18 Å². The second-order valence-electron chi connectivity index (χ2n) is 3.20. The number of aromatic hydroxyl groups is 2. The number of hydrogen-bond acceptors (Lipinski definition) is 6. The molecule has 0 bridgehead atoms.